The van der Waals surface area contributed by atoms with Gasteiger partial charge < -0.3 is 18.9 Å². The summed E-state index contributed by atoms with van der Waals surface area (Å²) in [5.41, 5.74) is 1.27. The zero-order valence-electron chi connectivity index (χ0n) is 17.5. The Morgan fingerprint density at radius 1 is 0.562 bits per heavy atom. The third kappa shape index (κ3) is 4.14. The van der Waals surface area contributed by atoms with Crippen molar-refractivity contribution in [1.82, 2.24) is 0 Å². The van der Waals surface area contributed by atoms with Gasteiger partial charge >= 0.3 is 23.9 Å². The lowest BCUT2D eigenvalue weighted by Gasteiger charge is -2.15. The van der Waals surface area contributed by atoms with E-state index in [4.69, 9.17) is 18.9 Å². The molecular weight excluding hydrogens is 456 g/mol. The van der Waals surface area contributed by atoms with E-state index in [-0.39, 0.29) is 22.3 Å². The van der Waals surface area contributed by atoms with Crippen LogP contribution in [-0.2, 0) is 18.9 Å². The van der Waals surface area contributed by atoms with E-state index in [9.17, 15) is 19.2 Å². The van der Waals surface area contributed by atoms with E-state index < -0.39 is 23.9 Å². The molecule has 0 N–H and O–H groups in total. The van der Waals surface area contributed by atoms with Gasteiger partial charge in [-0.1, -0.05) is 0 Å². The summed E-state index contributed by atoms with van der Waals surface area (Å²) in [5.74, 6) is -2.55. The van der Waals surface area contributed by atoms with Gasteiger partial charge in [-0.25, -0.2) is 19.2 Å². The zero-order valence-corrected chi connectivity index (χ0v) is 19.2. The normalized spacial score (nSPS) is 10.4. The first-order valence-electron chi connectivity index (χ1n) is 9.04. The highest BCUT2D eigenvalue weighted by Gasteiger charge is 2.28. The Labute approximate surface area is 191 Å². The first-order chi connectivity index (χ1) is 15.4. The van der Waals surface area contributed by atoms with Crippen molar-refractivity contribution < 1.29 is 38.1 Å². The van der Waals surface area contributed by atoms with E-state index in [1.807, 2.05) is 0 Å². The molecule has 0 radical (unpaired) electrons. The average Bonchev–Trinajstić information content (AvgIpc) is 3.51. The number of ether oxygens (including phenoxy) is 4. The van der Waals surface area contributed by atoms with Crippen molar-refractivity contribution in [3.8, 4) is 20.9 Å². The van der Waals surface area contributed by atoms with Crippen molar-refractivity contribution in [2.24, 2.45) is 0 Å². The minimum absolute atomic E-state index is 0.104. The molecule has 2 heterocycles. The van der Waals surface area contributed by atoms with E-state index in [2.05, 4.69) is 0 Å². The fourth-order valence-corrected chi connectivity index (χ4v) is 4.94. The number of methoxy groups -OCH3 is 4. The molecule has 0 saturated heterocycles. The monoisotopic (exact) mass is 474 g/mol. The maximum Gasteiger partial charge on any atom is 0.339 e. The molecule has 0 amide bonds. The summed E-state index contributed by atoms with van der Waals surface area (Å²) in [6.45, 7) is 0. The Morgan fingerprint density at radius 3 is 1.19 bits per heavy atom. The molecule has 8 nitrogen and oxygen atoms in total. The number of carbonyl (C=O) groups is 4. The van der Waals surface area contributed by atoms with Crippen molar-refractivity contribution in [3.05, 3.63) is 57.3 Å². The van der Waals surface area contributed by atoms with Crippen LogP contribution in [0.4, 0.5) is 0 Å². The minimum Gasteiger partial charge on any atom is -0.465 e. The molecule has 10 heteroatoms. The second-order valence-corrected chi connectivity index (χ2v) is 8.07. The number of thiophene rings is 2. The summed E-state index contributed by atoms with van der Waals surface area (Å²) in [4.78, 5) is 50.7. The van der Waals surface area contributed by atoms with E-state index in [0.29, 0.717) is 20.9 Å². The Kier molecular flexibility index (Phi) is 7.06. The molecule has 0 atom stereocenters. The molecule has 0 aliphatic carbocycles. The topological polar surface area (TPSA) is 105 Å². The van der Waals surface area contributed by atoms with Crippen LogP contribution in [0.25, 0.3) is 20.9 Å². The fraction of sp³-hybridized carbons (Fsp3) is 0.182. The molecule has 1 aromatic carbocycles. The van der Waals surface area contributed by atoms with Gasteiger partial charge in [-0.05, 0) is 35.0 Å². The van der Waals surface area contributed by atoms with Gasteiger partial charge in [0.15, 0.2) is 0 Å². The van der Waals surface area contributed by atoms with Crippen LogP contribution in [0, 0.1) is 0 Å². The van der Waals surface area contributed by atoms with Gasteiger partial charge in [0, 0.05) is 20.9 Å². The third-order valence-electron chi connectivity index (χ3n) is 4.60. The molecular formula is C22H18O8S2. The predicted octanol–water partition coefficient (Wildman–Crippen LogP) is 4.29. The summed E-state index contributed by atoms with van der Waals surface area (Å²) < 4.78 is 19.5. The molecule has 0 saturated carbocycles. The lowest BCUT2D eigenvalue weighted by molar-refractivity contribution is 0.0586. The van der Waals surface area contributed by atoms with Gasteiger partial charge in [0.05, 0.1) is 50.7 Å². The third-order valence-corrected chi connectivity index (χ3v) is 6.49. The first-order valence-corrected chi connectivity index (χ1v) is 10.8. The van der Waals surface area contributed by atoms with Crippen molar-refractivity contribution >= 4 is 46.6 Å². The van der Waals surface area contributed by atoms with Crippen LogP contribution in [0.1, 0.15) is 41.4 Å². The zero-order chi connectivity index (χ0) is 23.4. The number of hydrogen-bond donors (Lipinski definition) is 0. The van der Waals surface area contributed by atoms with E-state index in [0.717, 1.165) is 0 Å². The Balaban J connectivity index is 2.37. The molecule has 0 aliphatic heterocycles. The summed E-state index contributed by atoms with van der Waals surface area (Å²) in [6, 6.07) is 6.03. The molecule has 3 rings (SSSR count). The van der Waals surface area contributed by atoms with Crippen molar-refractivity contribution in [2.75, 3.05) is 28.4 Å². The second kappa shape index (κ2) is 9.75. The van der Waals surface area contributed by atoms with Crippen LogP contribution in [0.3, 0.4) is 0 Å². The lowest BCUT2D eigenvalue weighted by Crippen LogP contribution is -2.11. The quantitative estimate of drug-likeness (QED) is 0.385. The standard InChI is InChI=1S/C22H18O8S2/c1-27-19(23)11-5-7-31-17(11)13-9-16(22(26)30-4)14(10-15(13)21(25)29-3)18-12(6-8-32-18)20(24)28-2/h5-10H,1-4H3. The Hall–Kier alpha value is -3.50. The van der Waals surface area contributed by atoms with Crippen LogP contribution in [0.2, 0.25) is 0 Å². The van der Waals surface area contributed by atoms with Crippen LogP contribution in [0.5, 0.6) is 0 Å². The number of esters is 4. The van der Waals surface area contributed by atoms with Crippen LogP contribution in [0.15, 0.2) is 35.0 Å². The highest BCUT2D eigenvalue weighted by atomic mass is 32.1. The summed E-state index contributed by atoms with van der Waals surface area (Å²) >= 11 is 2.40. The molecule has 2 aromatic heterocycles. The van der Waals surface area contributed by atoms with E-state index in [1.54, 1.807) is 22.9 Å². The second-order valence-electron chi connectivity index (χ2n) is 6.24. The van der Waals surface area contributed by atoms with Crippen molar-refractivity contribution in [1.29, 1.82) is 0 Å². The van der Waals surface area contributed by atoms with Gasteiger partial charge in [-0.15, -0.1) is 22.7 Å². The molecule has 3 aromatic rings. The lowest BCUT2D eigenvalue weighted by atomic mass is 9.94. The van der Waals surface area contributed by atoms with E-state index >= 15 is 0 Å². The first kappa shape index (κ1) is 23.2. The highest BCUT2D eigenvalue weighted by molar-refractivity contribution is 7.14. The molecule has 32 heavy (non-hydrogen) atoms. The van der Waals surface area contributed by atoms with E-state index in [1.165, 1.54) is 63.2 Å². The van der Waals surface area contributed by atoms with Gasteiger partial charge in [-0.2, -0.15) is 0 Å². The maximum absolute atomic E-state index is 12.7. The number of carbonyl (C=O) groups excluding carboxylic acids is 4. The number of rotatable bonds is 6. The highest BCUT2D eigenvalue weighted by Crippen LogP contribution is 2.40. The molecule has 0 fully saturated rings. The molecule has 0 aliphatic rings. The van der Waals surface area contributed by atoms with Crippen molar-refractivity contribution in [3.63, 3.8) is 0 Å². The summed E-state index contributed by atoms with van der Waals surface area (Å²) in [5, 5.41) is 3.34. The predicted molar refractivity (Wildman–Crippen MR) is 118 cm³/mol. The van der Waals surface area contributed by atoms with Crippen molar-refractivity contribution in [2.45, 2.75) is 0 Å². The van der Waals surface area contributed by atoms with Gasteiger partial charge in [-0.3, -0.25) is 0 Å². The molecule has 166 valence electrons. The molecule has 0 unspecified atom stereocenters. The summed E-state index contributed by atoms with van der Waals surface area (Å²) in [6.07, 6.45) is 0. The largest absolute Gasteiger partial charge is 0.465 e. The Morgan fingerprint density at radius 2 is 0.875 bits per heavy atom. The minimum atomic E-state index is -0.682. The Bertz CT molecular complexity index is 1110. The maximum atomic E-state index is 12.7. The number of hydrogen-bond acceptors (Lipinski definition) is 10. The molecule has 0 spiro atoms. The summed E-state index contributed by atoms with van der Waals surface area (Å²) in [7, 11) is 4.94. The SMILES string of the molecule is COC(=O)c1cc(-c2sccc2C(=O)OC)c(C(=O)OC)cc1-c1sccc1C(=O)OC. The van der Waals surface area contributed by atoms with Crippen LogP contribution < -0.4 is 0 Å². The van der Waals surface area contributed by atoms with Crippen LogP contribution in [-0.4, -0.2) is 52.3 Å². The smallest absolute Gasteiger partial charge is 0.339 e. The fourth-order valence-electron chi connectivity index (χ4n) is 3.11. The van der Waals surface area contributed by atoms with Gasteiger partial charge in [0.25, 0.3) is 0 Å². The van der Waals surface area contributed by atoms with Gasteiger partial charge in [0.2, 0.25) is 0 Å². The average molecular weight is 475 g/mol. The number of benzene rings is 1. The van der Waals surface area contributed by atoms with Crippen LogP contribution >= 0.6 is 22.7 Å². The molecule has 0 bridgehead atoms. The van der Waals surface area contributed by atoms with Gasteiger partial charge in [0.1, 0.15) is 0 Å².